The fourth-order valence-electron chi connectivity index (χ4n) is 4.04. The lowest BCUT2D eigenvalue weighted by Gasteiger charge is -2.24. The van der Waals surface area contributed by atoms with Crippen LogP contribution in [-0.2, 0) is 14.8 Å². The first kappa shape index (κ1) is 18.9. The van der Waals surface area contributed by atoms with Crippen LogP contribution in [0.4, 0.5) is 10.1 Å². The molecule has 8 heteroatoms. The largest absolute Gasteiger partial charge is 0.497 e. The quantitative estimate of drug-likeness (QED) is 0.786. The maximum absolute atomic E-state index is 13.2. The predicted octanol–water partition coefficient (Wildman–Crippen LogP) is 2.65. The topological polar surface area (TPSA) is 66.9 Å². The van der Waals surface area contributed by atoms with E-state index in [0.29, 0.717) is 30.9 Å². The molecule has 4 rings (SSSR count). The molecule has 1 unspecified atom stereocenters. The lowest BCUT2D eigenvalue weighted by Crippen LogP contribution is -2.34. The minimum atomic E-state index is -3.67. The Balaban J connectivity index is 1.55. The molecule has 1 amide bonds. The second kappa shape index (κ2) is 6.86. The summed E-state index contributed by atoms with van der Waals surface area (Å²) in [7, 11) is -2.18. The Morgan fingerprint density at radius 1 is 1.11 bits per heavy atom. The van der Waals surface area contributed by atoms with E-state index in [-0.39, 0.29) is 29.6 Å². The zero-order valence-corrected chi connectivity index (χ0v) is 16.3. The lowest BCUT2D eigenvalue weighted by molar-refractivity contribution is -0.117. The third kappa shape index (κ3) is 3.27. The van der Waals surface area contributed by atoms with Crippen LogP contribution in [0.15, 0.2) is 53.4 Å². The molecule has 28 heavy (non-hydrogen) atoms. The van der Waals surface area contributed by atoms with Crippen LogP contribution in [0.1, 0.15) is 12.8 Å². The summed E-state index contributed by atoms with van der Waals surface area (Å²) in [5.41, 5.74) is 0.217. The van der Waals surface area contributed by atoms with Crippen molar-refractivity contribution in [2.75, 3.05) is 31.6 Å². The summed E-state index contributed by atoms with van der Waals surface area (Å²) in [6, 6.07) is 12.2. The Morgan fingerprint density at radius 3 is 2.57 bits per heavy atom. The lowest BCUT2D eigenvalue weighted by atomic mass is 9.86. The van der Waals surface area contributed by atoms with E-state index in [0.717, 1.165) is 0 Å². The molecule has 0 aliphatic carbocycles. The van der Waals surface area contributed by atoms with E-state index < -0.39 is 15.4 Å². The molecule has 2 aliphatic heterocycles. The van der Waals surface area contributed by atoms with Gasteiger partial charge in [0.1, 0.15) is 11.6 Å². The summed E-state index contributed by atoms with van der Waals surface area (Å²) in [5.74, 6) is 0.0577. The molecule has 148 valence electrons. The van der Waals surface area contributed by atoms with Gasteiger partial charge in [0.25, 0.3) is 0 Å². The van der Waals surface area contributed by atoms with E-state index in [1.165, 1.54) is 29.6 Å². The first-order valence-electron chi connectivity index (χ1n) is 9.03. The molecule has 6 nitrogen and oxygen atoms in total. The number of rotatable bonds is 4. The van der Waals surface area contributed by atoms with Gasteiger partial charge in [-0.25, -0.2) is 12.8 Å². The Labute approximate surface area is 163 Å². The summed E-state index contributed by atoms with van der Waals surface area (Å²) in [6.07, 6.45) is 0.897. The smallest absolute Gasteiger partial charge is 0.243 e. The summed E-state index contributed by atoms with van der Waals surface area (Å²) in [5, 5.41) is 0. The van der Waals surface area contributed by atoms with E-state index >= 15 is 0 Å². The maximum atomic E-state index is 13.2. The van der Waals surface area contributed by atoms with Crippen LogP contribution in [0.2, 0.25) is 0 Å². The van der Waals surface area contributed by atoms with Crippen molar-refractivity contribution in [1.29, 1.82) is 0 Å². The maximum Gasteiger partial charge on any atom is 0.243 e. The van der Waals surface area contributed by atoms with Crippen LogP contribution in [0.3, 0.4) is 0 Å². The van der Waals surface area contributed by atoms with Gasteiger partial charge in [0, 0.05) is 43.2 Å². The number of amides is 1. The number of benzene rings is 2. The van der Waals surface area contributed by atoms with Gasteiger partial charge in [-0.1, -0.05) is 6.07 Å². The van der Waals surface area contributed by atoms with Crippen molar-refractivity contribution in [2.45, 2.75) is 17.7 Å². The molecule has 1 spiro atoms. The number of ether oxygens (including phenoxy) is 1. The van der Waals surface area contributed by atoms with Crippen LogP contribution in [0, 0.1) is 11.2 Å². The monoisotopic (exact) mass is 404 g/mol. The van der Waals surface area contributed by atoms with Gasteiger partial charge in [0.05, 0.1) is 12.0 Å². The highest BCUT2D eigenvalue weighted by Crippen LogP contribution is 2.43. The number of nitrogens with zero attached hydrogens (tertiary/aromatic N) is 2. The Hall–Kier alpha value is -2.45. The number of methoxy groups -OCH3 is 1. The highest BCUT2D eigenvalue weighted by molar-refractivity contribution is 7.89. The minimum Gasteiger partial charge on any atom is -0.497 e. The van der Waals surface area contributed by atoms with E-state index in [1.54, 1.807) is 35.2 Å². The molecular weight excluding hydrogens is 383 g/mol. The van der Waals surface area contributed by atoms with Crippen LogP contribution in [0.5, 0.6) is 5.75 Å². The van der Waals surface area contributed by atoms with Gasteiger partial charge < -0.3 is 9.64 Å². The average Bonchev–Trinajstić information content (AvgIpc) is 3.26. The third-order valence-corrected chi connectivity index (χ3v) is 7.38. The second-order valence-electron chi connectivity index (χ2n) is 7.40. The zero-order chi connectivity index (χ0) is 19.9. The number of carbonyl (C=O) groups excluding carboxylic acids is 1. The second-order valence-corrected chi connectivity index (χ2v) is 9.34. The normalized spacial score (nSPS) is 22.9. The first-order chi connectivity index (χ1) is 13.3. The van der Waals surface area contributed by atoms with Crippen LogP contribution in [-0.4, -0.2) is 45.4 Å². The van der Waals surface area contributed by atoms with E-state index in [4.69, 9.17) is 4.74 Å². The summed E-state index contributed by atoms with van der Waals surface area (Å²) >= 11 is 0. The fourth-order valence-corrected chi connectivity index (χ4v) is 5.62. The Kier molecular flexibility index (Phi) is 4.63. The van der Waals surface area contributed by atoms with Gasteiger partial charge in [0.2, 0.25) is 15.9 Å². The molecule has 0 bridgehead atoms. The molecule has 2 heterocycles. The summed E-state index contributed by atoms with van der Waals surface area (Å²) < 4.78 is 45.8. The van der Waals surface area contributed by atoms with Crippen molar-refractivity contribution in [1.82, 2.24) is 4.31 Å². The molecular formula is C20H21FN2O4S. The molecule has 0 saturated carbocycles. The average molecular weight is 404 g/mol. The molecule has 1 atom stereocenters. The van der Waals surface area contributed by atoms with Crippen molar-refractivity contribution < 1.29 is 22.3 Å². The van der Waals surface area contributed by atoms with Crippen molar-refractivity contribution in [3.05, 3.63) is 54.3 Å². The van der Waals surface area contributed by atoms with E-state index in [9.17, 15) is 17.6 Å². The highest BCUT2D eigenvalue weighted by atomic mass is 32.2. The number of sulfonamides is 1. The van der Waals surface area contributed by atoms with Gasteiger partial charge in [-0.05, 0) is 42.8 Å². The van der Waals surface area contributed by atoms with Gasteiger partial charge >= 0.3 is 0 Å². The van der Waals surface area contributed by atoms with Gasteiger partial charge in [-0.15, -0.1) is 0 Å². The number of hydrogen-bond acceptors (Lipinski definition) is 4. The van der Waals surface area contributed by atoms with E-state index in [2.05, 4.69) is 0 Å². The van der Waals surface area contributed by atoms with Crippen molar-refractivity contribution in [2.24, 2.45) is 5.41 Å². The number of halogens is 1. The van der Waals surface area contributed by atoms with Crippen molar-refractivity contribution >= 4 is 21.6 Å². The van der Waals surface area contributed by atoms with Crippen molar-refractivity contribution in [3.8, 4) is 5.75 Å². The van der Waals surface area contributed by atoms with Crippen LogP contribution < -0.4 is 9.64 Å². The van der Waals surface area contributed by atoms with Crippen LogP contribution in [0.25, 0.3) is 0 Å². The number of anilines is 1. The molecule has 0 radical (unpaired) electrons. The number of carbonyl (C=O) groups is 1. The molecule has 2 fully saturated rings. The predicted molar refractivity (Wildman–Crippen MR) is 102 cm³/mol. The Bertz CT molecular complexity index is 1010. The van der Waals surface area contributed by atoms with Crippen LogP contribution >= 0.6 is 0 Å². The summed E-state index contributed by atoms with van der Waals surface area (Å²) in [4.78, 5) is 14.4. The molecule has 2 aromatic carbocycles. The molecule has 0 N–H and O–H groups in total. The SMILES string of the molecule is COc1cccc(S(=O)(=O)N2CCC3(CC(=O)N(c4ccc(F)cc4)C3)C2)c1. The molecule has 2 aromatic rings. The molecule has 2 aliphatic rings. The van der Waals surface area contributed by atoms with Gasteiger partial charge in [-0.2, -0.15) is 4.31 Å². The minimum absolute atomic E-state index is 0.0627. The molecule has 0 aromatic heterocycles. The van der Waals surface area contributed by atoms with E-state index in [1.807, 2.05) is 0 Å². The Morgan fingerprint density at radius 2 is 1.86 bits per heavy atom. The van der Waals surface area contributed by atoms with Gasteiger partial charge in [-0.3, -0.25) is 4.79 Å². The van der Waals surface area contributed by atoms with Crippen molar-refractivity contribution in [3.63, 3.8) is 0 Å². The standard InChI is InChI=1S/C20H21FN2O4S/c1-27-17-3-2-4-18(11-17)28(25,26)22-10-9-20(13-22)12-19(24)23(14-20)16-7-5-15(21)6-8-16/h2-8,11H,9-10,12-14H2,1H3. The zero-order valence-electron chi connectivity index (χ0n) is 15.5. The number of hydrogen-bond donors (Lipinski definition) is 0. The third-order valence-electron chi connectivity index (χ3n) is 5.54. The summed E-state index contributed by atoms with van der Waals surface area (Å²) in [6.45, 7) is 1.08. The fraction of sp³-hybridized carbons (Fsp3) is 0.350. The highest BCUT2D eigenvalue weighted by Gasteiger charge is 2.50. The molecule has 2 saturated heterocycles. The van der Waals surface area contributed by atoms with Gasteiger partial charge in [0.15, 0.2) is 0 Å². The first-order valence-corrected chi connectivity index (χ1v) is 10.5.